The molecule has 0 aromatic heterocycles. The highest BCUT2D eigenvalue weighted by molar-refractivity contribution is 5.68. The normalized spacial score (nSPS) is 26.2. The molecule has 0 radical (unpaired) electrons. The maximum absolute atomic E-state index is 11.8. The molecule has 1 rings (SSSR count). The predicted octanol–water partition coefficient (Wildman–Crippen LogP) is 2.63. The number of amides is 1. The maximum Gasteiger partial charge on any atom is 0.407 e. The quantitative estimate of drug-likeness (QED) is 0.826. The summed E-state index contributed by atoms with van der Waals surface area (Å²) in [7, 11) is 0. The molecule has 1 saturated heterocycles. The van der Waals surface area contributed by atoms with E-state index in [1.807, 2.05) is 20.8 Å². The fourth-order valence-electron chi connectivity index (χ4n) is 2.21. The highest BCUT2D eigenvalue weighted by atomic mass is 16.6. The third-order valence-corrected chi connectivity index (χ3v) is 3.42. The molecule has 1 aliphatic rings. The molecule has 0 saturated carbocycles. The van der Waals surface area contributed by atoms with E-state index in [1.54, 1.807) is 0 Å². The van der Waals surface area contributed by atoms with Gasteiger partial charge in [-0.3, -0.25) is 4.90 Å². The van der Waals surface area contributed by atoms with E-state index in [0.29, 0.717) is 12.0 Å². The Morgan fingerprint density at radius 1 is 1.39 bits per heavy atom. The minimum absolute atomic E-state index is 0.191. The van der Waals surface area contributed by atoms with Crippen LogP contribution in [-0.2, 0) is 4.74 Å². The van der Waals surface area contributed by atoms with Gasteiger partial charge in [-0.05, 0) is 53.5 Å². The van der Waals surface area contributed by atoms with E-state index in [-0.39, 0.29) is 12.1 Å². The molecule has 0 aromatic rings. The van der Waals surface area contributed by atoms with Gasteiger partial charge in [-0.25, -0.2) is 4.79 Å². The third kappa shape index (κ3) is 4.84. The number of ether oxygens (including phenoxy) is 1. The molecule has 106 valence electrons. The van der Waals surface area contributed by atoms with Gasteiger partial charge in [0.15, 0.2) is 0 Å². The summed E-state index contributed by atoms with van der Waals surface area (Å²) in [5.74, 6) is 0.507. The number of carbonyl (C=O) groups excluding carboxylic acids is 1. The number of carbonyl (C=O) groups is 1. The zero-order chi connectivity index (χ0) is 13.9. The first kappa shape index (κ1) is 15.3. The lowest BCUT2D eigenvalue weighted by Gasteiger charge is -2.39. The molecule has 1 amide bonds. The summed E-state index contributed by atoms with van der Waals surface area (Å²) >= 11 is 0. The van der Waals surface area contributed by atoms with Gasteiger partial charge in [0.2, 0.25) is 0 Å². The topological polar surface area (TPSA) is 41.6 Å². The molecular formula is C14H28N2O2. The van der Waals surface area contributed by atoms with Crippen molar-refractivity contribution in [1.29, 1.82) is 0 Å². The fourth-order valence-corrected chi connectivity index (χ4v) is 2.21. The van der Waals surface area contributed by atoms with Crippen LogP contribution in [0.15, 0.2) is 0 Å². The molecule has 1 N–H and O–H groups in total. The highest BCUT2D eigenvalue weighted by Gasteiger charge is 2.29. The average Bonchev–Trinajstić information content (AvgIpc) is 2.18. The van der Waals surface area contributed by atoms with Gasteiger partial charge in [-0.1, -0.05) is 6.92 Å². The first-order valence-corrected chi connectivity index (χ1v) is 6.92. The molecule has 2 atom stereocenters. The zero-order valence-corrected chi connectivity index (χ0v) is 12.6. The van der Waals surface area contributed by atoms with E-state index in [2.05, 4.69) is 31.0 Å². The van der Waals surface area contributed by atoms with Crippen LogP contribution in [0.5, 0.6) is 0 Å². The molecule has 0 aliphatic carbocycles. The lowest BCUT2D eigenvalue weighted by Crippen LogP contribution is -2.54. The summed E-state index contributed by atoms with van der Waals surface area (Å²) in [4.78, 5) is 14.2. The van der Waals surface area contributed by atoms with Gasteiger partial charge in [0, 0.05) is 18.6 Å². The number of nitrogens with one attached hydrogen (secondary N) is 1. The Bertz CT molecular complexity index is 284. The van der Waals surface area contributed by atoms with E-state index in [4.69, 9.17) is 4.74 Å². The Morgan fingerprint density at radius 2 is 2.00 bits per heavy atom. The minimum Gasteiger partial charge on any atom is -0.444 e. The van der Waals surface area contributed by atoms with Crippen molar-refractivity contribution in [2.45, 2.75) is 65.6 Å². The van der Waals surface area contributed by atoms with E-state index < -0.39 is 5.60 Å². The number of rotatable bonds is 2. The lowest BCUT2D eigenvalue weighted by atomic mass is 9.93. The van der Waals surface area contributed by atoms with Crippen LogP contribution in [0.1, 0.15) is 48.0 Å². The summed E-state index contributed by atoms with van der Waals surface area (Å²) in [5.41, 5.74) is -0.431. The van der Waals surface area contributed by atoms with Gasteiger partial charge >= 0.3 is 6.09 Å². The van der Waals surface area contributed by atoms with E-state index >= 15 is 0 Å². The van der Waals surface area contributed by atoms with Gasteiger partial charge in [0.1, 0.15) is 5.60 Å². The number of piperidine rings is 1. The van der Waals surface area contributed by atoms with E-state index in [1.165, 1.54) is 0 Å². The summed E-state index contributed by atoms with van der Waals surface area (Å²) in [6.45, 7) is 14.3. The van der Waals surface area contributed by atoms with Crippen molar-refractivity contribution in [2.75, 3.05) is 13.1 Å². The van der Waals surface area contributed by atoms with E-state index in [0.717, 1.165) is 19.5 Å². The first-order valence-electron chi connectivity index (χ1n) is 6.92. The Kier molecular flexibility index (Phi) is 5.02. The molecule has 1 aliphatic heterocycles. The smallest absolute Gasteiger partial charge is 0.407 e. The van der Waals surface area contributed by atoms with Crippen molar-refractivity contribution in [3.8, 4) is 0 Å². The van der Waals surface area contributed by atoms with Crippen LogP contribution in [0.4, 0.5) is 4.79 Å². The van der Waals surface area contributed by atoms with Gasteiger partial charge in [-0.15, -0.1) is 0 Å². The van der Waals surface area contributed by atoms with Crippen LogP contribution in [0, 0.1) is 5.92 Å². The minimum atomic E-state index is -0.431. The monoisotopic (exact) mass is 256 g/mol. The SMILES string of the molecule is CC1CCN(C(C)C)CC1NC(=O)OC(C)(C)C. The molecule has 1 heterocycles. The second kappa shape index (κ2) is 5.91. The van der Waals surface area contributed by atoms with Gasteiger partial charge in [-0.2, -0.15) is 0 Å². The van der Waals surface area contributed by atoms with E-state index in [9.17, 15) is 4.79 Å². The standard InChI is InChI=1S/C14H28N2O2/c1-10(2)16-8-7-11(3)12(9-16)15-13(17)18-14(4,5)6/h10-12H,7-9H2,1-6H3,(H,15,17). The molecule has 4 heteroatoms. The predicted molar refractivity (Wildman–Crippen MR) is 73.6 cm³/mol. The van der Waals surface area contributed by atoms with Crippen LogP contribution < -0.4 is 5.32 Å². The fraction of sp³-hybridized carbons (Fsp3) is 0.929. The van der Waals surface area contributed by atoms with Crippen molar-refractivity contribution in [2.24, 2.45) is 5.92 Å². The Balaban J connectivity index is 2.51. The Labute approximate surface area is 111 Å². The van der Waals surface area contributed by atoms with Crippen molar-refractivity contribution in [1.82, 2.24) is 10.2 Å². The molecule has 1 fully saturated rings. The van der Waals surface area contributed by atoms with Crippen LogP contribution in [0.25, 0.3) is 0 Å². The van der Waals surface area contributed by atoms with Gasteiger partial charge in [0.05, 0.1) is 0 Å². The number of hydrogen-bond acceptors (Lipinski definition) is 3. The second-order valence-electron chi connectivity index (χ2n) is 6.61. The average molecular weight is 256 g/mol. The summed E-state index contributed by atoms with van der Waals surface area (Å²) in [5, 5.41) is 3.01. The van der Waals surface area contributed by atoms with Crippen LogP contribution >= 0.6 is 0 Å². The van der Waals surface area contributed by atoms with Crippen molar-refractivity contribution in [3.05, 3.63) is 0 Å². The number of nitrogens with zero attached hydrogens (tertiary/aromatic N) is 1. The molecular weight excluding hydrogens is 228 g/mol. The Morgan fingerprint density at radius 3 is 2.50 bits per heavy atom. The highest BCUT2D eigenvalue weighted by Crippen LogP contribution is 2.19. The molecule has 18 heavy (non-hydrogen) atoms. The van der Waals surface area contributed by atoms with Crippen LogP contribution in [0.3, 0.4) is 0 Å². The van der Waals surface area contributed by atoms with Crippen LogP contribution in [-0.4, -0.2) is 41.8 Å². The largest absolute Gasteiger partial charge is 0.444 e. The van der Waals surface area contributed by atoms with Gasteiger partial charge in [0.25, 0.3) is 0 Å². The second-order valence-corrected chi connectivity index (χ2v) is 6.61. The lowest BCUT2D eigenvalue weighted by molar-refractivity contribution is 0.0418. The Hall–Kier alpha value is -0.770. The van der Waals surface area contributed by atoms with Gasteiger partial charge < -0.3 is 10.1 Å². The summed E-state index contributed by atoms with van der Waals surface area (Å²) in [6, 6.07) is 0.719. The van der Waals surface area contributed by atoms with Crippen LogP contribution in [0.2, 0.25) is 0 Å². The zero-order valence-electron chi connectivity index (χ0n) is 12.6. The number of hydrogen-bond donors (Lipinski definition) is 1. The van der Waals surface area contributed by atoms with Crippen molar-refractivity contribution >= 4 is 6.09 Å². The molecule has 0 spiro atoms. The molecule has 2 unspecified atom stereocenters. The molecule has 0 bridgehead atoms. The third-order valence-electron chi connectivity index (χ3n) is 3.42. The first-order chi connectivity index (χ1) is 8.19. The molecule has 4 nitrogen and oxygen atoms in total. The number of alkyl carbamates (subject to hydrolysis) is 1. The summed E-state index contributed by atoms with van der Waals surface area (Å²) < 4.78 is 5.32. The van der Waals surface area contributed by atoms with Crippen molar-refractivity contribution in [3.63, 3.8) is 0 Å². The summed E-state index contributed by atoms with van der Waals surface area (Å²) in [6.07, 6.45) is 0.823. The number of likely N-dealkylation sites (tertiary alicyclic amines) is 1. The van der Waals surface area contributed by atoms with Crippen molar-refractivity contribution < 1.29 is 9.53 Å². The maximum atomic E-state index is 11.8. The molecule has 0 aromatic carbocycles.